The zero-order valence-corrected chi connectivity index (χ0v) is 19.4. The largest absolute Gasteiger partial charge is 0.334 e. The summed E-state index contributed by atoms with van der Waals surface area (Å²) in [5.74, 6) is -0.159. The molecular weight excluding hydrogens is 396 g/mol. The summed E-state index contributed by atoms with van der Waals surface area (Å²) in [6, 6.07) is 15.1. The fourth-order valence-electron chi connectivity index (χ4n) is 4.00. The number of carbonyl (C=O) groups is 1. The van der Waals surface area contributed by atoms with Gasteiger partial charge in [-0.15, -0.1) is 0 Å². The maximum Gasteiger partial charge on any atom is 0.243 e. The van der Waals surface area contributed by atoms with Gasteiger partial charge in [0.15, 0.2) is 0 Å². The minimum absolute atomic E-state index is 0.0522. The Hall–Kier alpha value is -2.18. The molecule has 0 spiro atoms. The van der Waals surface area contributed by atoms with Crippen LogP contribution in [0.15, 0.2) is 53.4 Å². The van der Waals surface area contributed by atoms with Gasteiger partial charge in [-0.2, -0.15) is 4.31 Å². The van der Waals surface area contributed by atoms with Crippen LogP contribution in [-0.2, 0) is 26.7 Å². The molecule has 0 saturated heterocycles. The molecule has 5 nitrogen and oxygen atoms in total. The Morgan fingerprint density at radius 1 is 1.10 bits per heavy atom. The fourth-order valence-corrected chi connectivity index (χ4v) is 5.40. The van der Waals surface area contributed by atoms with E-state index in [2.05, 4.69) is 26.8 Å². The number of fused-ring (bicyclic) bond motifs is 1. The van der Waals surface area contributed by atoms with E-state index in [9.17, 15) is 13.2 Å². The summed E-state index contributed by atoms with van der Waals surface area (Å²) >= 11 is 0. The summed E-state index contributed by atoms with van der Waals surface area (Å²) in [5.41, 5.74) is 3.42. The first-order valence-electron chi connectivity index (χ1n) is 10.5. The van der Waals surface area contributed by atoms with Crippen LogP contribution in [0.5, 0.6) is 0 Å². The van der Waals surface area contributed by atoms with E-state index in [-0.39, 0.29) is 35.3 Å². The molecule has 30 heavy (non-hydrogen) atoms. The molecule has 6 heteroatoms. The molecule has 1 amide bonds. The summed E-state index contributed by atoms with van der Waals surface area (Å²) in [7, 11) is -3.74. The van der Waals surface area contributed by atoms with Crippen molar-refractivity contribution >= 4 is 15.9 Å². The van der Waals surface area contributed by atoms with Crippen molar-refractivity contribution < 1.29 is 13.2 Å². The lowest BCUT2D eigenvalue weighted by Gasteiger charge is -2.36. The van der Waals surface area contributed by atoms with Crippen LogP contribution in [-0.4, -0.2) is 43.2 Å². The van der Waals surface area contributed by atoms with E-state index in [0.29, 0.717) is 6.54 Å². The summed E-state index contributed by atoms with van der Waals surface area (Å²) < 4.78 is 27.6. The van der Waals surface area contributed by atoms with Gasteiger partial charge in [0, 0.05) is 13.1 Å². The number of hydrogen-bond acceptors (Lipinski definition) is 3. The van der Waals surface area contributed by atoms with Gasteiger partial charge in [0.25, 0.3) is 0 Å². The molecule has 0 aromatic heterocycles. The first kappa shape index (κ1) is 22.5. The number of nitrogens with zero attached hydrogens (tertiary/aromatic N) is 2. The molecule has 1 atom stereocenters. The van der Waals surface area contributed by atoms with Crippen molar-refractivity contribution in [3.8, 4) is 0 Å². The maximum absolute atomic E-state index is 13.2. The molecule has 1 aliphatic heterocycles. The molecule has 3 rings (SSSR count). The van der Waals surface area contributed by atoms with Gasteiger partial charge >= 0.3 is 0 Å². The molecule has 0 N–H and O–H groups in total. The van der Waals surface area contributed by atoms with Gasteiger partial charge in [0.1, 0.15) is 0 Å². The zero-order chi connectivity index (χ0) is 22.1. The third kappa shape index (κ3) is 4.44. The van der Waals surface area contributed by atoms with E-state index in [1.165, 1.54) is 9.87 Å². The molecule has 0 bridgehead atoms. The average Bonchev–Trinajstić information content (AvgIpc) is 2.71. The number of carbonyl (C=O) groups excluding carboxylic acids is 1. The molecule has 0 radical (unpaired) electrons. The van der Waals surface area contributed by atoms with Crippen molar-refractivity contribution in [1.82, 2.24) is 9.21 Å². The van der Waals surface area contributed by atoms with Crippen LogP contribution in [0, 0.1) is 0 Å². The average molecular weight is 429 g/mol. The van der Waals surface area contributed by atoms with Gasteiger partial charge in [-0.1, -0.05) is 64.1 Å². The lowest BCUT2D eigenvalue weighted by atomic mass is 9.87. The van der Waals surface area contributed by atoms with E-state index in [1.54, 1.807) is 24.0 Å². The van der Waals surface area contributed by atoms with Gasteiger partial charge in [-0.05, 0) is 47.6 Å². The van der Waals surface area contributed by atoms with Gasteiger partial charge in [0.05, 0.1) is 17.5 Å². The second kappa shape index (κ2) is 8.52. The second-order valence-corrected chi connectivity index (χ2v) is 10.9. The Balaban J connectivity index is 1.78. The minimum Gasteiger partial charge on any atom is -0.334 e. The SMILES string of the molecule is CCN(CC(=O)N1CCc2ccccc2C1C)S(=O)(=O)c1ccc(C(C)(C)C)cc1. The summed E-state index contributed by atoms with van der Waals surface area (Å²) in [4.78, 5) is 15.1. The van der Waals surface area contributed by atoms with Crippen molar-refractivity contribution in [2.45, 2.75) is 57.4 Å². The monoisotopic (exact) mass is 428 g/mol. The van der Waals surface area contributed by atoms with Crippen molar-refractivity contribution in [3.05, 3.63) is 65.2 Å². The second-order valence-electron chi connectivity index (χ2n) is 8.92. The van der Waals surface area contributed by atoms with Crippen molar-refractivity contribution in [2.75, 3.05) is 19.6 Å². The first-order chi connectivity index (χ1) is 14.1. The number of rotatable bonds is 5. The van der Waals surface area contributed by atoms with Gasteiger partial charge < -0.3 is 4.90 Å². The van der Waals surface area contributed by atoms with Crippen LogP contribution in [0.4, 0.5) is 0 Å². The highest BCUT2D eigenvalue weighted by molar-refractivity contribution is 7.89. The predicted octanol–water partition coefficient (Wildman–Crippen LogP) is 4.14. The Bertz CT molecular complexity index is 1010. The quantitative estimate of drug-likeness (QED) is 0.719. The summed E-state index contributed by atoms with van der Waals surface area (Å²) in [6.07, 6.45) is 0.791. The Morgan fingerprint density at radius 2 is 1.73 bits per heavy atom. The number of sulfonamides is 1. The Morgan fingerprint density at radius 3 is 2.33 bits per heavy atom. The van der Waals surface area contributed by atoms with E-state index >= 15 is 0 Å². The zero-order valence-electron chi connectivity index (χ0n) is 18.6. The van der Waals surface area contributed by atoms with Gasteiger partial charge in [0.2, 0.25) is 15.9 Å². The number of benzene rings is 2. The van der Waals surface area contributed by atoms with Gasteiger partial charge in [-0.25, -0.2) is 8.42 Å². The van der Waals surface area contributed by atoms with E-state index in [1.807, 2.05) is 37.3 Å². The molecule has 0 saturated carbocycles. The van der Waals surface area contributed by atoms with Crippen molar-refractivity contribution in [3.63, 3.8) is 0 Å². The topological polar surface area (TPSA) is 57.7 Å². The molecule has 162 valence electrons. The smallest absolute Gasteiger partial charge is 0.243 e. The van der Waals surface area contributed by atoms with Crippen molar-refractivity contribution in [1.29, 1.82) is 0 Å². The predicted molar refractivity (Wildman–Crippen MR) is 120 cm³/mol. The molecule has 1 heterocycles. The Labute approximate surface area is 180 Å². The van der Waals surface area contributed by atoms with Crippen LogP contribution in [0.3, 0.4) is 0 Å². The third-order valence-corrected chi connectivity index (χ3v) is 7.87. The Kier molecular flexibility index (Phi) is 6.39. The molecule has 1 aliphatic rings. The molecule has 0 aliphatic carbocycles. The first-order valence-corrected chi connectivity index (χ1v) is 12.0. The molecule has 1 unspecified atom stereocenters. The van der Waals surface area contributed by atoms with Crippen LogP contribution in [0.1, 0.15) is 57.4 Å². The van der Waals surface area contributed by atoms with Crippen LogP contribution >= 0.6 is 0 Å². The highest BCUT2D eigenvalue weighted by Crippen LogP contribution is 2.30. The van der Waals surface area contributed by atoms with Crippen molar-refractivity contribution in [2.24, 2.45) is 0 Å². The van der Waals surface area contributed by atoms with E-state index in [0.717, 1.165) is 17.5 Å². The molecule has 2 aromatic rings. The highest BCUT2D eigenvalue weighted by Gasteiger charge is 2.31. The van der Waals surface area contributed by atoms with E-state index < -0.39 is 10.0 Å². The summed E-state index contributed by atoms with van der Waals surface area (Å²) in [6.45, 7) is 10.7. The number of amides is 1. The minimum atomic E-state index is -3.74. The molecule has 2 aromatic carbocycles. The molecular formula is C24H32N2O3S. The third-order valence-electron chi connectivity index (χ3n) is 5.94. The normalized spacial score (nSPS) is 17.1. The van der Waals surface area contributed by atoms with Gasteiger partial charge in [-0.3, -0.25) is 4.79 Å². The van der Waals surface area contributed by atoms with Crippen LogP contribution in [0.2, 0.25) is 0 Å². The number of hydrogen-bond donors (Lipinski definition) is 0. The highest BCUT2D eigenvalue weighted by atomic mass is 32.2. The lowest BCUT2D eigenvalue weighted by molar-refractivity contribution is -0.133. The molecule has 0 fully saturated rings. The fraction of sp³-hybridized carbons (Fsp3) is 0.458. The van der Waals surface area contributed by atoms with Crippen LogP contribution in [0.25, 0.3) is 0 Å². The standard InChI is InChI=1S/C24H32N2O3S/c1-6-25(30(28,29)21-13-11-20(12-14-21)24(3,4)5)17-23(27)26-16-15-19-9-7-8-10-22(19)18(26)2/h7-14,18H,6,15-17H2,1-5H3. The maximum atomic E-state index is 13.2. The van der Waals surface area contributed by atoms with Crippen LogP contribution < -0.4 is 0 Å². The van der Waals surface area contributed by atoms with E-state index in [4.69, 9.17) is 0 Å². The number of likely N-dealkylation sites (N-methyl/N-ethyl adjacent to an activating group) is 1. The lowest BCUT2D eigenvalue weighted by Crippen LogP contribution is -2.46. The summed E-state index contributed by atoms with van der Waals surface area (Å²) in [5, 5.41) is 0.